The van der Waals surface area contributed by atoms with Crippen LogP contribution >= 0.6 is 0 Å². The van der Waals surface area contributed by atoms with E-state index in [4.69, 9.17) is 10.8 Å². The maximum atomic E-state index is 12.8. The molecule has 0 spiro atoms. The lowest BCUT2D eigenvalue weighted by Gasteiger charge is -2.02. The van der Waals surface area contributed by atoms with Gasteiger partial charge in [-0.15, -0.1) is 0 Å². The summed E-state index contributed by atoms with van der Waals surface area (Å²) in [5.74, 6) is -0.411. The monoisotopic (exact) mass is 155 g/mol. The van der Waals surface area contributed by atoms with Gasteiger partial charge in [0.1, 0.15) is 11.6 Å². The third-order valence-electron chi connectivity index (χ3n) is 1.49. The van der Waals surface area contributed by atoms with Gasteiger partial charge in [0.2, 0.25) is 0 Å². The van der Waals surface area contributed by atoms with Crippen molar-refractivity contribution in [2.45, 2.75) is 6.42 Å². The van der Waals surface area contributed by atoms with Crippen LogP contribution in [-0.2, 0) is 6.42 Å². The normalized spacial score (nSPS) is 10.0. The summed E-state index contributed by atoms with van der Waals surface area (Å²) >= 11 is 0. The van der Waals surface area contributed by atoms with Gasteiger partial charge in [0.25, 0.3) is 0 Å². The maximum Gasteiger partial charge on any atom is 0.130 e. The first-order valence-corrected chi connectivity index (χ1v) is 3.42. The predicted octanol–water partition coefficient (Wildman–Crippen LogP) is 1.03. The molecule has 0 saturated heterocycles. The van der Waals surface area contributed by atoms with Crippen molar-refractivity contribution in [1.29, 1.82) is 0 Å². The van der Waals surface area contributed by atoms with Gasteiger partial charge in [-0.1, -0.05) is 6.07 Å². The van der Waals surface area contributed by atoms with Gasteiger partial charge in [-0.2, -0.15) is 0 Å². The maximum absolute atomic E-state index is 12.8. The van der Waals surface area contributed by atoms with Crippen LogP contribution in [0.3, 0.4) is 0 Å². The lowest BCUT2D eigenvalue weighted by atomic mass is 10.1. The second-order valence-corrected chi connectivity index (χ2v) is 2.28. The van der Waals surface area contributed by atoms with Gasteiger partial charge in [-0.3, -0.25) is 0 Å². The van der Waals surface area contributed by atoms with Crippen molar-refractivity contribution < 1.29 is 9.50 Å². The minimum Gasteiger partial charge on any atom is -0.508 e. The topological polar surface area (TPSA) is 46.2 Å². The number of aromatic hydroxyl groups is 1. The Kier molecular flexibility index (Phi) is 2.44. The number of rotatable bonds is 2. The van der Waals surface area contributed by atoms with Gasteiger partial charge in [0.15, 0.2) is 0 Å². The first kappa shape index (κ1) is 8.01. The lowest BCUT2D eigenvalue weighted by molar-refractivity contribution is 0.459. The third kappa shape index (κ3) is 1.68. The Morgan fingerprint density at radius 1 is 1.45 bits per heavy atom. The Bertz CT molecular complexity index is 230. The minimum absolute atomic E-state index is 0.0181. The third-order valence-corrected chi connectivity index (χ3v) is 1.49. The SMILES string of the molecule is NCCc1c(O)cccc1F. The molecule has 0 fully saturated rings. The average Bonchev–Trinajstić information content (AvgIpc) is 1.97. The highest BCUT2D eigenvalue weighted by atomic mass is 19.1. The summed E-state index contributed by atoms with van der Waals surface area (Å²) < 4.78 is 12.8. The van der Waals surface area contributed by atoms with Crippen molar-refractivity contribution in [3.8, 4) is 5.75 Å². The van der Waals surface area contributed by atoms with Crippen molar-refractivity contribution >= 4 is 0 Å². The highest BCUT2D eigenvalue weighted by Crippen LogP contribution is 2.19. The Morgan fingerprint density at radius 3 is 2.73 bits per heavy atom. The van der Waals surface area contributed by atoms with Gasteiger partial charge in [0.05, 0.1) is 0 Å². The Balaban J connectivity index is 3.00. The smallest absolute Gasteiger partial charge is 0.130 e. The molecule has 1 rings (SSSR count). The van der Waals surface area contributed by atoms with Crippen molar-refractivity contribution in [1.82, 2.24) is 0 Å². The molecule has 3 N–H and O–H groups in total. The van der Waals surface area contributed by atoms with Crippen LogP contribution in [0.1, 0.15) is 5.56 Å². The van der Waals surface area contributed by atoms with E-state index < -0.39 is 5.82 Å². The zero-order valence-corrected chi connectivity index (χ0v) is 6.05. The fourth-order valence-corrected chi connectivity index (χ4v) is 0.939. The molecule has 0 bridgehead atoms. The van der Waals surface area contributed by atoms with Gasteiger partial charge in [-0.05, 0) is 25.1 Å². The van der Waals surface area contributed by atoms with Gasteiger partial charge in [0, 0.05) is 5.56 Å². The first-order valence-electron chi connectivity index (χ1n) is 3.42. The van der Waals surface area contributed by atoms with Crippen molar-refractivity contribution in [3.05, 3.63) is 29.6 Å². The second kappa shape index (κ2) is 3.34. The fourth-order valence-electron chi connectivity index (χ4n) is 0.939. The molecule has 60 valence electrons. The van der Waals surface area contributed by atoms with E-state index in [-0.39, 0.29) is 5.75 Å². The minimum atomic E-state index is -0.393. The summed E-state index contributed by atoms with van der Waals surface area (Å²) in [6.45, 7) is 0.342. The van der Waals surface area contributed by atoms with Crippen LogP contribution in [0.15, 0.2) is 18.2 Å². The standard InChI is InChI=1S/C8H10FNO/c9-7-2-1-3-8(11)6(7)4-5-10/h1-3,11H,4-5,10H2. The molecule has 11 heavy (non-hydrogen) atoms. The molecule has 1 aromatic rings. The molecule has 0 aromatic heterocycles. The van der Waals surface area contributed by atoms with E-state index >= 15 is 0 Å². The number of benzene rings is 1. The summed E-state index contributed by atoms with van der Waals surface area (Å²) in [5.41, 5.74) is 5.52. The van der Waals surface area contributed by atoms with Crippen LogP contribution in [-0.4, -0.2) is 11.7 Å². The highest BCUT2D eigenvalue weighted by molar-refractivity contribution is 5.33. The molecule has 0 heterocycles. The molecular weight excluding hydrogens is 145 g/mol. The number of phenols is 1. The van der Waals surface area contributed by atoms with Crippen molar-refractivity contribution in [2.24, 2.45) is 5.73 Å². The molecule has 0 amide bonds. The molecular formula is C8H10FNO. The molecule has 0 atom stereocenters. The summed E-state index contributed by atoms with van der Waals surface area (Å²) in [5, 5.41) is 9.13. The van der Waals surface area contributed by atoms with Gasteiger partial charge < -0.3 is 10.8 Å². The van der Waals surface area contributed by atoms with Crippen LogP contribution in [0.4, 0.5) is 4.39 Å². The Hall–Kier alpha value is -1.09. The van der Waals surface area contributed by atoms with E-state index in [2.05, 4.69) is 0 Å². The van der Waals surface area contributed by atoms with E-state index in [0.29, 0.717) is 18.5 Å². The van der Waals surface area contributed by atoms with E-state index in [1.807, 2.05) is 0 Å². The molecule has 3 heteroatoms. The zero-order chi connectivity index (χ0) is 8.27. The number of phenolic OH excluding ortho intramolecular Hbond substituents is 1. The van der Waals surface area contributed by atoms with Crippen LogP contribution in [0.2, 0.25) is 0 Å². The first-order chi connectivity index (χ1) is 5.25. The molecule has 1 aromatic carbocycles. The lowest BCUT2D eigenvalue weighted by Crippen LogP contribution is -2.04. The number of halogens is 1. The summed E-state index contributed by atoms with van der Waals surface area (Å²) in [6, 6.07) is 4.23. The zero-order valence-electron chi connectivity index (χ0n) is 6.05. The molecule has 0 saturated carbocycles. The average molecular weight is 155 g/mol. The molecule has 0 aliphatic rings. The highest BCUT2D eigenvalue weighted by Gasteiger charge is 2.04. The van der Waals surface area contributed by atoms with Crippen LogP contribution in [0, 0.1) is 5.82 Å². The van der Waals surface area contributed by atoms with E-state index in [0.717, 1.165) is 0 Å². The van der Waals surface area contributed by atoms with Crippen molar-refractivity contribution in [2.75, 3.05) is 6.54 Å². The summed E-state index contributed by atoms with van der Waals surface area (Å²) in [6.07, 6.45) is 0.374. The van der Waals surface area contributed by atoms with Crippen LogP contribution < -0.4 is 5.73 Å². The summed E-state index contributed by atoms with van der Waals surface area (Å²) in [7, 11) is 0. The predicted molar refractivity (Wildman–Crippen MR) is 40.8 cm³/mol. The molecule has 0 aliphatic carbocycles. The van der Waals surface area contributed by atoms with E-state index in [9.17, 15) is 4.39 Å². The largest absolute Gasteiger partial charge is 0.508 e. The molecule has 2 nitrogen and oxygen atoms in total. The second-order valence-electron chi connectivity index (χ2n) is 2.28. The quantitative estimate of drug-likeness (QED) is 0.670. The molecule has 0 aliphatic heterocycles. The van der Waals surface area contributed by atoms with E-state index in [1.165, 1.54) is 18.2 Å². The number of hydrogen-bond donors (Lipinski definition) is 2. The van der Waals surface area contributed by atoms with Gasteiger partial charge >= 0.3 is 0 Å². The fraction of sp³-hybridized carbons (Fsp3) is 0.250. The number of nitrogens with two attached hydrogens (primary N) is 1. The van der Waals surface area contributed by atoms with Crippen LogP contribution in [0.5, 0.6) is 5.75 Å². The molecule has 0 radical (unpaired) electrons. The summed E-state index contributed by atoms with van der Waals surface area (Å²) in [4.78, 5) is 0. The van der Waals surface area contributed by atoms with Crippen LogP contribution in [0.25, 0.3) is 0 Å². The Morgan fingerprint density at radius 2 is 2.18 bits per heavy atom. The van der Waals surface area contributed by atoms with Crippen molar-refractivity contribution in [3.63, 3.8) is 0 Å². The Labute approximate surface area is 64.5 Å². The number of hydrogen-bond acceptors (Lipinski definition) is 2. The molecule has 0 unspecified atom stereocenters. The van der Waals surface area contributed by atoms with Gasteiger partial charge in [-0.25, -0.2) is 4.39 Å². The van der Waals surface area contributed by atoms with E-state index in [1.54, 1.807) is 0 Å².